The molecule has 0 N–H and O–H groups in total. The molecule has 0 bridgehead atoms. The highest BCUT2D eigenvalue weighted by molar-refractivity contribution is 7.09. The highest BCUT2D eigenvalue weighted by Gasteiger charge is 2.39. The van der Waals surface area contributed by atoms with Crippen molar-refractivity contribution in [1.82, 2.24) is 9.88 Å². The molecular formula is C16H26N2O2S. The van der Waals surface area contributed by atoms with Gasteiger partial charge in [-0.25, -0.2) is 4.98 Å². The third-order valence-electron chi connectivity index (χ3n) is 5.03. The van der Waals surface area contributed by atoms with Crippen LogP contribution >= 0.6 is 11.3 Å². The molecule has 3 rings (SSSR count). The zero-order valence-corrected chi connectivity index (χ0v) is 14.0. The van der Waals surface area contributed by atoms with Crippen molar-refractivity contribution >= 4 is 11.3 Å². The minimum Gasteiger partial charge on any atom is -0.381 e. The Labute approximate surface area is 131 Å². The number of hydrogen-bond donors (Lipinski definition) is 0. The van der Waals surface area contributed by atoms with Gasteiger partial charge in [-0.1, -0.05) is 0 Å². The Balaban J connectivity index is 1.54. The number of aryl methyl sites for hydroxylation is 1. The Morgan fingerprint density at radius 2 is 2.19 bits per heavy atom. The molecule has 3 heterocycles. The number of likely N-dealkylation sites (N-methyl/N-ethyl adjacent to an activating group) is 1. The van der Waals surface area contributed by atoms with Crippen LogP contribution in [-0.4, -0.2) is 54.9 Å². The molecule has 118 valence electrons. The summed E-state index contributed by atoms with van der Waals surface area (Å²) in [5.41, 5.74) is 3.24. The summed E-state index contributed by atoms with van der Waals surface area (Å²) in [6.45, 7) is 5.83. The molecule has 0 radical (unpaired) electrons. The number of aromatic nitrogens is 1. The molecule has 2 aliphatic rings. The van der Waals surface area contributed by atoms with Gasteiger partial charge in [0.1, 0.15) is 0 Å². The van der Waals surface area contributed by atoms with E-state index in [-0.39, 0.29) is 5.60 Å². The molecule has 0 saturated carbocycles. The Morgan fingerprint density at radius 3 is 2.90 bits per heavy atom. The van der Waals surface area contributed by atoms with Crippen LogP contribution in [0.1, 0.15) is 36.3 Å². The van der Waals surface area contributed by atoms with Crippen LogP contribution in [0.4, 0.5) is 0 Å². The van der Waals surface area contributed by atoms with E-state index in [1.54, 1.807) is 11.3 Å². The summed E-state index contributed by atoms with van der Waals surface area (Å²) in [6, 6.07) is 0.644. The molecule has 1 spiro atoms. The minimum atomic E-state index is 0.0931. The fourth-order valence-corrected chi connectivity index (χ4v) is 4.27. The monoisotopic (exact) mass is 310 g/mol. The summed E-state index contributed by atoms with van der Waals surface area (Å²) in [7, 11) is 2.26. The van der Waals surface area contributed by atoms with Crippen LogP contribution in [0.2, 0.25) is 0 Å². The third-order valence-corrected chi connectivity index (χ3v) is 6.03. The van der Waals surface area contributed by atoms with E-state index in [1.165, 1.54) is 10.6 Å². The van der Waals surface area contributed by atoms with Crippen molar-refractivity contribution in [1.29, 1.82) is 0 Å². The van der Waals surface area contributed by atoms with E-state index in [0.717, 1.165) is 58.5 Å². The topological polar surface area (TPSA) is 34.6 Å². The van der Waals surface area contributed by atoms with Gasteiger partial charge in [0.15, 0.2) is 0 Å². The predicted molar refractivity (Wildman–Crippen MR) is 84.9 cm³/mol. The van der Waals surface area contributed by atoms with E-state index in [1.807, 2.05) is 5.51 Å². The molecule has 0 amide bonds. The van der Waals surface area contributed by atoms with Crippen molar-refractivity contribution < 1.29 is 9.47 Å². The van der Waals surface area contributed by atoms with Crippen LogP contribution in [0, 0.1) is 6.92 Å². The van der Waals surface area contributed by atoms with E-state index in [9.17, 15) is 0 Å². The Morgan fingerprint density at radius 1 is 1.38 bits per heavy atom. The fraction of sp³-hybridized carbons (Fsp3) is 0.812. The molecule has 2 saturated heterocycles. The van der Waals surface area contributed by atoms with E-state index in [0.29, 0.717) is 6.04 Å². The fourth-order valence-electron chi connectivity index (χ4n) is 3.50. The zero-order valence-electron chi connectivity index (χ0n) is 13.1. The van der Waals surface area contributed by atoms with Gasteiger partial charge in [-0.05, 0) is 46.1 Å². The van der Waals surface area contributed by atoms with Gasteiger partial charge >= 0.3 is 0 Å². The second kappa shape index (κ2) is 6.73. The van der Waals surface area contributed by atoms with Crippen LogP contribution in [0.3, 0.4) is 0 Å². The molecule has 0 unspecified atom stereocenters. The van der Waals surface area contributed by atoms with Gasteiger partial charge < -0.3 is 14.4 Å². The second-order valence-electron chi connectivity index (χ2n) is 6.38. The minimum absolute atomic E-state index is 0.0931. The van der Waals surface area contributed by atoms with Crippen LogP contribution in [0.25, 0.3) is 0 Å². The smallest absolute Gasteiger partial charge is 0.0797 e. The van der Waals surface area contributed by atoms with Gasteiger partial charge in [-0.15, -0.1) is 11.3 Å². The quantitative estimate of drug-likeness (QED) is 0.856. The van der Waals surface area contributed by atoms with Crippen LogP contribution in [0.15, 0.2) is 5.51 Å². The first-order valence-electron chi connectivity index (χ1n) is 7.99. The summed E-state index contributed by atoms with van der Waals surface area (Å²) < 4.78 is 11.6. The van der Waals surface area contributed by atoms with E-state index < -0.39 is 0 Å². The summed E-state index contributed by atoms with van der Waals surface area (Å²) in [5, 5.41) is 0. The Hall–Kier alpha value is -0.490. The number of rotatable bonds is 4. The van der Waals surface area contributed by atoms with E-state index in [4.69, 9.17) is 9.47 Å². The molecule has 2 fully saturated rings. The van der Waals surface area contributed by atoms with Crippen molar-refractivity contribution in [2.75, 3.05) is 33.4 Å². The van der Waals surface area contributed by atoms with E-state index in [2.05, 4.69) is 23.9 Å². The average Bonchev–Trinajstić information content (AvgIpc) is 2.91. The SMILES string of the molecule is Cc1ncsc1CCN(C)[C@H]1CCOC2(CCOCC2)C1. The lowest BCUT2D eigenvalue weighted by Gasteiger charge is -2.45. The maximum atomic E-state index is 6.14. The van der Waals surface area contributed by atoms with Gasteiger partial charge in [0.2, 0.25) is 0 Å². The maximum absolute atomic E-state index is 6.14. The van der Waals surface area contributed by atoms with Gasteiger partial charge in [0.25, 0.3) is 0 Å². The van der Waals surface area contributed by atoms with Gasteiger partial charge in [0.05, 0.1) is 16.8 Å². The summed E-state index contributed by atoms with van der Waals surface area (Å²) in [6.07, 6.45) is 5.55. The lowest BCUT2D eigenvalue weighted by molar-refractivity contribution is -0.149. The molecule has 0 aromatic carbocycles. The van der Waals surface area contributed by atoms with Crippen LogP contribution in [0.5, 0.6) is 0 Å². The van der Waals surface area contributed by atoms with Crippen LogP contribution in [-0.2, 0) is 15.9 Å². The van der Waals surface area contributed by atoms with Crippen LogP contribution < -0.4 is 0 Å². The van der Waals surface area contributed by atoms with Crippen molar-refractivity contribution in [3.8, 4) is 0 Å². The Bertz CT molecular complexity index is 451. The summed E-state index contributed by atoms with van der Waals surface area (Å²) >= 11 is 1.78. The first kappa shape index (κ1) is 15.4. The van der Waals surface area contributed by atoms with Crippen molar-refractivity contribution in [2.24, 2.45) is 0 Å². The third kappa shape index (κ3) is 3.65. The number of ether oxygens (including phenoxy) is 2. The average molecular weight is 310 g/mol. The van der Waals surface area contributed by atoms with Crippen molar-refractivity contribution in [3.63, 3.8) is 0 Å². The predicted octanol–water partition coefficient (Wildman–Crippen LogP) is 2.65. The molecule has 5 heteroatoms. The number of nitrogens with zero attached hydrogens (tertiary/aromatic N) is 2. The first-order valence-corrected chi connectivity index (χ1v) is 8.87. The molecule has 4 nitrogen and oxygen atoms in total. The maximum Gasteiger partial charge on any atom is 0.0797 e. The lowest BCUT2D eigenvalue weighted by atomic mass is 9.83. The molecule has 0 aliphatic carbocycles. The molecule has 21 heavy (non-hydrogen) atoms. The molecular weight excluding hydrogens is 284 g/mol. The number of hydrogen-bond acceptors (Lipinski definition) is 5. The van der Waals surface area contributed by atoms with Gasteiger partial charge in [-0.3, -0.25) is 0 Å². The molecule has 1 aromatic rings. The highest BCUT2D eigenvalue weighted by atomic mass is 32.1. The first-order chi connectivity index (χ1) is 10.2. The summed E-state index contributed by atoms with van der Waals surface area (Å²) in [5.74, 6) is 0. The zero-order chi connectivity index (χ0) is 14.7. The Kier molecular flexibility index (Phi) is 4.94. The standard InChI is InChI=1S/C16H26N2O2S/c1-13-15(21-12-17-13)3-7-18(2)14-4-8-20-16(11-14)5-9-19-10-6-16/h12,14H,3-11H2,1-2H3/t14-/m0/s1. The molecule has 2 aliphatic heterocycles. The lowest BCUT2D eigenvalue weighted by Crippen LogP contribution is -2.50. The van der Waals surface area contributed by atoms with Gasteiger partial charge in [0, 0.05) is 37.3 Å². The van der Waals surface area contributed by atoms with Gasteiger partial charge in [-0.2, -0.15) is 0 Å². The largest absolute Gasteiger partial charge is 0.381 e. The molecule has 1 aromatic heterocycles. The molecule has 1 atom stereocenters. The second-order valence-corrected chi connectivity index (χ2v) is 7.32. The van der Waals surface area contributed by atoms with Crippen molar-refractivity contribution in [2.45, 2.75) is 50.7 Å². The number of thiazole rings is 1. The van der Waals surface area contributed by atoms with Crippen molar-refractivity contribution in [3.05, 3.63) is 16.1 Å². The summed E-state index contributed by atoms with van der Waals surface area (Å²) in [4.78, 5) is 8.29. The normalized spacial score (nSPS) is 25.6. The highest BCUT2D eigenvalue weighted by Crippen LogP contribution is 2.35. The van der Waals surface area contributed by atoms with E-state index >= 15 is 0 Å².